The zero-order chi connectivity index (χ0) is 20.2. The van der Waals surface area contributed by atoms with Crippen LogP contribution < -0.4 is 5.32 Å². The normalized spacial score (nSPS) is 19.9. The van der Waals surface area contributed by atoms with Crippen molar-refractivity contribution in [1.82, 2.24) is 15.2 Å². The lowest BCUT2D eigenvalue weighted by Gasteiger charge is -2.35. The summed E-state index contributed by atoms with van der Waals surface area (Å²) in [7, 11) is 0. The van der Waals surface area contributed by atoms with Gasteiger partial charge in [-0.3, -0.25) is 19.5 Å². The first-order chi connectivity index (χ1) is 14.1. The topological polar surface area (TPSA) is 95.7 Å². The Kier molecular flexibility index (Phi) is 5.57. The smallest absolute Gasteiger partial charge is 0.307 e. The van der Waals surface area contributed by atoms with E-state index in [1.807, 2.05) is 47.4 Å². The molecule has 1 aromatic carbocycles. The van der Waals surface area contributed by atoms with Crippen LogP contribution >= 0.6 is 0 Å². The van der Waals surface area contributed by atoms with Gasteiger partial charge in [0.1, 0.15) is 11.3 Å². The predicted molar refractivity (Wildman–Crippen MR) is 107 cm³/mol. The van der Waals surface area contributed by atoms with Crippen molar-refractivity contribution in [3.63, 3.8) is 0 Å². The Labute approximate surface area is 168 Å². The summed E-state index contributed by atoms with van der Waals surface area (Å²) in [6, 6.07) is 13.4. The number of benzene rings is 1. The average molecular weight is 393 g/mol. The summed E-state index contributed by atoms with van der Waals surface area (Å²) < 4.78 is 5.87. The monoisotopic (exact) mass is 393 g/mol. The molecule has 0 aliphatic carbocycles. The number of para-hydroxylation sites is 1. The van der Waals surface area contributed by atoms with E-state index in [2.05, 4.69) is 10.3 Å². The Morgan fingerprint density at radius 1 is 1.14 bits per heavy atom. The molecule has 7 heteroatoms. The molecule has 2 N–H and O–H groups in total. The first-order valence-electron chi connectivity index (χ1n) is 9.67. The van der Waals surface area contributed by atoms with E-state index in [-0.39, 0.29) is 11.8 Å². The summed E-state index contributed by atoms with van der Waals surface area (Å²) in [6.45, 7) is 1.79. The zero-order valence-corrected chi connectivity index (χ0v) is 16.0. The molecule has 1 fully saturated rings. The highest BCUT2D eigenvalue weighted by Gasteiger charge is 2.35. The molecule has 2 atom stereocenters. The minimum absolute atomic E-state index is 0.123. The summed E-state index contributed by atoms with van der Waals surface area (Å²) in [5, 5.41) is 13.5. The number of nitrogens with zero attached hydrogens (tertiary/aromatic N) is 2. The highest BCUT2D eigenvalue weighted by atomic mass is 16.4. The molecule has 3 aromatic rings. The molecule has 4 rings (SSSR count). The first kappa shape index (κ1) is 19.1. The van der Waals surface area contributed by atoms with Crippen molar-refractivity contribution in [2.45, 2.75) is 19.5 Å². The zero-order valence-electron chi connectivity index (χ0n) is 16.0. The van der Waals surface area contributed by atoms with Crippen LogP contribution in [0.4, 0.5) is 0 Å². The minimum atomic E-state index is -0.869. The van der Waals surface area contributed by atoms with E-state index in [0.29, 0.717) is 32.6 Å². The summed E-state index contributed by atoms with van der Waals surface area (Å²) in [6.07, 6.45) is 3.70. The molecular weight excluding hydrogens is 370 g/mol. The van der Waals surface area contributed by atoms with Crippen LogP contribution in [0, 0.1) is 11.8 Å². The fraction of sp³-hybridized carbons (Fsp3) is 0.318. The van der Waals surface area contributed by atoms with E-state index < -0.39 is 11.9 Å². The number of furan rings is 1. The number of amides is 1. The van der Waals surface area contributed by atoms with Gasteiger partial charge in [-0.2, -0.15) is 0 Å². The van der Waals surface area contributed by atoms with E-state index in [1.54, 1.807) is 12.4 Å². The number of fused-ring (bicyclic) bond motifs is 1. The first-order valence-corrected chi connectivity index (χ1v) is 9.67. The maximum absolute atomic E-state index is 12.7. The van der Waals surface area contributed by atoms with Gasteiger partial charge in [-0.25, -0.2) is 0 Å². The van der Waals surface area contributed by atoms with Gasteiger partial charge in [0, 0.05) is 37.4 Å². The van der Waals surface area contributed by atoms with Crippen molar-refractivity contribution < 1.29 is 19.1 Å². The molecule has 0 bridgehead atoms. The number of carboxylic acids is 1. The van der Waals surface area contributed by atoms with Gasteiger partial charge >= 0.3 is 5.97 Å². The number of likely N-dealkylation sites (tertiary alicyclic amines) is 1. The van der Waals surface area contributed by atoms with Crippen LogP contribution in [0.15, 0.2) is 59.3 Å². The van der Waals surface area contributed by atoms with Crippen LogP contribution in [-0.4, -0.2) is 40.0 Å². The van der Waals surface area contributed by atoms with E-state index in [9.17, 15) is 14.7 Å². The lowest BCUT2D eigenvalue weighted by molar-refractivity contribution is -0.145. The molecule has 0 radical (unpaired) electrons. The van der Waals surface area contributed by atoms with E-state index >= 15 is 0 Å². The van der Waals surface area contributed by atoms with Gasteiger partial charge in [-0.05, 0) is 36.2 Å². The fourth-order valence-corrected chi connectivity index (χ4v) is 3.86. The molecular formula is C22H23N3O4. The van der Waals surface area contributed by atoms with Gasteiger partial charge in [0.15, 0.2) is 0 Å². The highest BCUT2D eigenvalue weighted by Crippen LogP contribution is 2.26. The van der Waals surface area contributed by atoms with Crippen molar-refractivity contribution in [1.29, 1.82) is 0 Å². The summed E-state index contributed by atoms with van der Waals surface area (Å²) in [4.78, 5) is 30.3. The number of carbonyl (C=O) groups is 2. The Morgan fingerprint density at radius 2 is 1.90 bits per heavy atom. The van der Waals surface area contributed by atoms with Crippen LogP contribution in [0.1, 0.15) is 17.7 Å². The van der Waals surface area contributed by atoms with Gasteiger partial charge in [-0.1, -0.05) is 18.2 Å². The molecule has 0 spiro atoms. The van der Waals surface area contributed by atoms with Crippen LogP contribution in [0.5, 0.6) is 0 Å². The number of hydrogen-bond donors (Lipinski definition) is 2. The maximum atomic E-state index is 12.7. The maximum Gasteiger partial charge on any atom is 0.307 e. The predicted octanol–water partition coefficient (Wildman–Crippen LogP) is 2.67. The molecule has 1 amide bonds. The van der Waals surface area contributed by atoms with Crippen LogP contribution in [0.2, 0.25) is 0 Å². The lowest BCUT2D eigenvalue weighted by Crippen LogP contribution is -2.47. The van der Waals surface area contributed by atoms with Crippen LogP contribution in [0.3, 0.4) is 0 Å². The Morgan fingerprint density at radius 3 is 2.66 bits per heavy atom. The Bertz CT molecular complexity index is 968. The number of nitrogens with one attached hydrogen (secondary N) is 1. The number of hydrogen-bond acceptors (Lipinski definition) is 5. The molecule has 29 heavy (non-hydrogen) atoms. The lowest BCUT2D eigenvalue weighted by atomic mass is 9.88. The molecule has 2 aromatic heterocycles. The van der Waals surface area contributed by atoms with Crippen molar-refractivity contribution in [3.8, 4) is 0 Å². The van der Waals surface area contributed by atoms with Gasteiger partial charge in [-0.15, -0.1) is 0 Å². The average Bonchev–Trinajstić information content (AvgIpc) is 3.14. The Balaban J connectivity index is 1.43. The summed E-state index contributed by atoms with van der Waals surface area (Å²) in [5.74, 6) is -1.18. The number of rotatable bonds is 6. The largest absolute Gasteiger partial charge is 0.481 e. The fourth-order valence-electron chi connectivity index (χ4n) is 3.86. The minimum Gasteiger partial charge on any atom is -0.481 e. The number of carbonyl (C=O) groups excluding carboxylic acids is 1. The molecule has 1 aliphatic rings. The molecule has 1 saturated heterocycles. The van der Waals surface area contributed by atoms with Crippen molar-refractivity contribution >= 4 is 22.8 Å². The molecule has 0 saturated carbocycles. The van der Waals surface area contributed by atoms with Gasteiger partial charge in [0.05, 0.1) is 18.4 Å². The second kappa shape index (κ2) is 8.45. The second-order valence-electron chi connectivity index (χ2n) is 7.49. The third kappa shape index (κ3) is 4.63. The standard InChI is InChI=1S/C22H23N3O4/c26-21(24-11-15-5-7-23-8-6-15)17-9-18(22(27)28)13-25(12-17)14-19-10-16-3-1-2-4-20(16)29-19/h1-8,10,17-18H,9,11-14H2,(H,24,26)(H,27,28)/t17-,18+/m1/s1. The van der Waals surface area contributed by atoms with Crippen molar-refractivity contribution in [3.05, 3.63) is 66.2 Å². The molecule has 0 unspecified atom stereocenters. The van der Waals surface area contributed by atoms with E-state index in [1.165, 1.54) is 0 Å². The van der Waals surface area contributed by atoms with Crippen LogP contribution in [0.25, 0.3) is 11.0 Å². The third-order valence-corrected chi connectivity index (χ3v) is 5.32. The third-order valence-electron chi connectivity index (χ3n) is 5.32. The van der Waals surface area contributed by atoms with E-state index in [0.717, 1.165) is 22.3 Å². The van der Waals surface area contributed by atoms with E-state index in [4.69, 9.17) is 4.42 Å². The Hall–Kier alpha value is -3.19. The van der Waals surface area contributed by atoms with Crippen LogP contribution in [-0.2, 0) is 22.7 Å². The number of pyridine rings is 1. The summed E-state index contributed by atoms with van der Waals surface area (Å²) >= 11 is 0. The van der Waals surface area contributed by atoms with Gasteiger partial charge in [0.2, 0.25) is 5.91 Å². The number of carboxylic acid groups (broad SMARTS) is 1. The number of aromatic nitrogens is 1. The van der Waals surface area contributed by atoms with Gasteiger partial charge in [0.25, 0.3) is 0 Å². The van der Waals surface area contributed by atoms with Gasteiger partial charge < -0.3 is 14.8 Å². The molecule has 150 valence electrons. The molecule has 1 aliphatic heterocycles. The second-order valence-corrected chi connectivity index (χ2v) is 7.49. The van der Waals surface area contributed by atoms with Crippen molar-refractivity contribution in [2.75, 3.05) is 13.1 Å². The number of piperidine rings is 1. The SMILES string of the molecule is O=C(O)[C@H]1C[C@@H](C(=O)NCc2ccncc2)CN(Cc2cc3ccccc3o2)C1. The number of aliphatic carboxylic acids is 1. The van der Waals surface area contributed by atoms with Crippen molar-refractivity contribution in [2.24, 2.45) is 11.8 Å². The quantitative estimate of drug-likeness (QED) is 0.669. The molecule has 3 heterocycles. The molecule has 7 nitrogen and oxygen atoms in total. The summed E-state index contributed by atoms with van der Waals surface area (Å²) in [5.41, 5.74) is 1.76. The highest BCUT2D eigenvalue weighted by molar-refractivity contribution is 5.80.